The molecule has 4 rings (SSSR count). The van der Waals surface area contributed by atoms with E-state index in [1.165, 1.54) is 0 Å². The van der Waals surface area contributed by atoms with Crippen molar-refractivity contribution in [3.8, 4) is 17.0 Å². The molecule has 1 saturated heterocycles. The minimum absolute atomic E-state index is 0.103. The lowest BCUT2D eigenvalue weighted by atomic mass is 9.90. The first-order chi connectivity index (χ1) is 13.7. The van der Waals surface area contributed by atoms with Crippen molar-refractivity contribution in [1.29, 1.82) is 0 Å². The molecule has 7 nitrogen and oxygen atoms in total. The average molecular weight is 396 g/mol. The summed E-state index contributed by atoms with van der Waals surface area (Å²) < 4.78 is 5.57. The van der Waals surface area contributed by atoms with Gasteiger partial charge in [0.05, 0.1) is 5.69 Å². The van der Waals surface area contributed by atoms with Gasteiger partial charge in [-0.15, -0.1) is 10.2 Å². The van der Waals surface area contributed by atoms with E-state index >= 15 is 0 Å². The topological polar surface area (TPSA) is 87.3 Å². The Morgan fingerprint density at radius 3 is 2.72 bits per heavy atom. The number of anilines is 1. The molecule has 3 aromatic rings. The van der Waals surface area contributed by atoms with E-state index < -0.39 is 0 Å². The number of aromatic nitrogens is 3. The first kappa shape index (κ1) is 19.6. The standard InChI is InChI=1S/C22H29N5O2/c1-13(2)22(4,5)24-15-8-9-27(12-15)21-7-6-17(25-26-21)16-10-20-18(11-19(16)28)23-14(3)29-20/h6-7,10-11,13,15,24,28H,8-9,12H2,1-5H3. The average Bonchev–Trinajstić information content (AvgIpc) is 3.26. The molecule has 0 spiro atoms. The molecule has 1 atom stereocenters. The van der Waals surface area contributed by atoms with E-state index in [1.54, 1.807) is 19.1 Å². The second-order valence-electron chi connectivity index (χ2n) is 8.80. The van der Waals surface area contributed by atoms with E-state index in [-0.39, 0.29) is 11.3 Å². The summed E-state index contributed by atoms with van der Waals surface area (Å²) in [6.45, 7) is 12.7. The smallest absolute Gasteiger partial charge is 0.192 e. The predicted molar refractivity (Wildman–Crippen MR) is 114 cm³/mol. The molecule has 3 heterocycles. The van der Waals surface area contributed by atoms with Gasteiger partial charge in [-0.3, -0.25) is 0 Å². The van der Waals surface area contributed by atoms with Gasteiger partial charge in [0.15, 0.2) is 17.3 Å². The quantitative estimate of drug-likeness (QED) is 0.677. The first-order valence-corrected chi connectivity index (χ1v) is 10.2. The monoisotopic (exact) mass is 395 g/mol. The number of fused-ring (bicyclic) bond motifs is 1. The van der Waals surface area contributed by atoms with Crippen LogP contribution in [0.15, 0.2) is 28.7 Å². The molecule has 2 aromatic heterocycles. The summed E-state index contributed by atoms with van der Waals surface area (Å²) in [5.74, 6) is 2.11. The molecular weight excluding hydrogens is 366 g/mol. The summed E-state index contributed by atoms with van der Waals surface area (Å²) in [4.78, 5) is 6.50. The lowest BCUT2D eigenvalue weighted by molar-refractivity contribution is 0.261. The lowest BCUT2D eigenvalue weighted by Gasteiger charge is -2.34. The lowest BCUT2D eigenvalue weighted by Crippen LogP contribution is -2.50. The van der Waals surface area contributed by atoms with Crippen LogP contribution in [-0.2, 0) is 0 Å². The molecule has 0 radical (unpaired) electrons. The molecule has 7 heteroatoms. The zero-order valence-electron chi connectivity index (χ0n) is 17.7. The molecule has 1 aliphatic heterocycles. The number of aryl methyl sites for hydroxylation is 1. The summed E-state index contributed by atoms with van der Waals surface area (Å²) >= 11 is 0. The van der Waals surface area contributed by atoms with Gasteiger partial charge >= 0.3 is 0 Å². The van der Waals surface area contributed by atoms with Crippen molar-refractivity contribution in [3.63, 3.8) is 0 Å². The van der Waals surface area contributed by atoms with Crippen LogP contribution in [0.4, 0.5) is 5.82 Å². The van der Waals surface area contributed by atoms with Crippen LogP contribution in [0.25, 0.3) is 22.4 Å². The van der Waals surface area contributed by atoms with Gasteiger partial charge in [0, 0.05) is 43.2 Å². The van der Waals surface area contributed by atoms with Crippen molar-refractivity contribution in [2.45, 2.75) is 52.6 Å². The largest absolute Gasteiger partial charge is 0.507 e. The second kappa shape index (κ2) is 7.30. The fourth-order valence-corrected chi connectivity index (χ4v) is 3.70. The van der Waals surface area contributed by atoms with Gasteiger partial charge in [-0.2, -0.15) is 0 Å². The van der Waals surface area contributed by atoms with E-state index in [4.69, 9.17) is 4.42 Å². The fourth-order valence-electron chi connectivity index (χ4n) is 3.70. The molecule has 0 aliphatic carbocycles. The molecule has 1 aromatic carbocycles. The Bertz CT molecular complexity index is 1010. The molecule has 0 saturated carbocycles. The summed E-state index contributed by atoms with van der Waals surface area (Å²) in [6.07, 6.45) is 1.09. The van der Waals surface area contributed by atoms with Crippen molar-refractivity contribution in [1.82, 2.24) is 20.5 Å². The molecule has 2 N–H and O–H groups in total. The summed E-state index contributed by atoms with van der Waals surface area (Å²) in [6, 6.07) is 7.66. The number of phenols is 1. The van der Waals surface area contributed by atoms with Crippen molar-refractivity contribution >= 4 is 16.9 Å². The van der Waals surface area contributed by atoms with Crippen molar-refractivity contribution in [2.24, 2.45) is 5.92 Å². The van der Waals surface area contributed by atoms with Gasteiger partial charge in [0.2, 0.25) is 0 Å². The maximum atomic E-state index is 10.4. The highest BCUT2D eigenvalue weighted by atomic mass is 16.3. The minimum atomic E-state index is 0.103. The van der Waals surface area contributed by atoms with Gasteiger partial charge in [0.1, 0.15) is 11.3 Å². The summed E-state index contributed by atoms with van der Waals surface area (Å²) in [7, 11) is 0. The van der Waals surface area contributed by atoms with E-state index in [0.29, 0.717) is 40.2 Å². The number of rotatable bonds is 5. The van der Waals surface area contributed by atoms with Crippen LogP contribution < -0.4 is 10.2 Å². The first-order valence-electron chi connectivity index (χ1n) is 10.2. The highest BCUT2D eigenvalue weighted by Crippen LogP contribution is 2.33. The molecule has 29 heavy (non-hydrogen) atoms. The van der Waals surface area contributed by atoms with Crippen molar-refractivity contribution in [2.75, 3.05) is 18.0 Å². The van der Waals surface area contributed by atoms with Gasteiger partial charge in [0.25, 0.3) is 0 Å². The number of hydrogen-bond donors (Lipinski definition) is 2. The van der Waals surface area contributed by atoms with Crippen LogP contribution in [0.3, 0.4) is 0 Å². The molecule has 1 aliphatic rings. The zero-order valence-corrected chi connectivity index (χ0v) is 17.7. The summed E-state index contributed by atoms with van der Waals surface area (Å²) in [5, 5.41) is 22.9. The predicted octanol–water partition coefficient (Wildman–Crippen LogP) is 3.90. The Labute approximate surface area is 171 Å². The van der Waals surface area contributed by atoms with E-state index in [0.717, 1.165) is 25.3 Å². The van der Waals surface area contributed by atoms with E-state index in [1.807, 2.05) is 12.1 Å². The fraction of sp³-hybridized carbons (Fsp3) is 0.500. The Balaban J connectivity index is 1.50. The second-order valence-corrected chi connectivity index (χ2v) is 8.80. The normalized spacial score (nSPS) is 17.6. The third kappa shape index (κ3) is 3.92. The van der Waals surface area contributed by atoms with E-state index in [2.05, 4.69) is 53.1 Å². The number of aromatic hydroxyl groups is 1. The number of nitrogens with zero attached hydrogens (tertiary/aromatic N) is 4. The highest BCUT2D eigenvalue weighted by molar-refractivity contribution is 5.83. The Kier molecular flexibility index (Phi) is 4.94. The maximum Gasteiger partial charge on any atom is 0.192 e. The number of nitrogens with one attached hydrogen (secondary N) is 1. The third-order valence-electron chi connectivity index (χ3n) is 6.07. The Hall–Kier alpha value is -2.67. The highest BCUT2D eigenvalue weighted by Gasteiger charge is 2.30. The van der Waals surface area contributed by atoms with Gasteiger partial charge in [-0.25, -0.2) is 4.98 Å². The van der Waals surface area contributed by atoms with Crippen molar-refractivity contribution in [3.05, 3.63) is 30.2 Å². The number of benzene rings is 1. The molecule has 0 amide bonds. The van der Waals surface area contributed by atoms with Gasteiger partial charge < -0.3 is 19.7 Å². The Morgan fingerprint density at radius 2 is 2.03 bits per heavy atom. The molecular formula is C22H29N5O2. The maximum absolute atomic E-state index is 10.4. The van der Waals surface area contributed by atoms with Crippen LogP contribution in [0.1, 0.15) is 40.0 Å². The molecule has 154 valence electrons. The van der Waals surface area contributed by atoms with Gasteiger partial charge in [-0.1, -0.05) is 13.8 Å². The number of oxazole rings is 1. The minimum Gasteiger partial charge on any atom is -0.507 e. The molecule has 1 unspecified atom stereocenters. The number of hydrogen-bond acceptors (Lipinski definition) is 7. The number of phenolic OH excluding ortho intramolecular Hbond substituents is 1. The van der Waals surface area contributed by atoms with Crippen molar-refractivity contribution < 1.29 is 9.52 Å². The van der Waals surface area contributed by atoms with E-state index in [9.17, 15) is 5.11 Å². The van der Waals surface area contributed by atoms with Crippen LogP contribution >= 0.6 is 0 Å². The zero-order chi connectivity index (χ0) is 20.8. The van der Waals surface area contributed by atoms with Gasteiger partial charge in [-0.05, 0) is 44.4 Å². The Morgan fingerprint density at radius 1 is 1.24 bits per heavy atom. The molecule has 0 bridgehead atoms. The van der Waals surface area contributed by atoms with Crippen LogP contribution in [0.2, 0.25) is 0 Å². The third-order valence-corrected chi connectivity index (χ3v) is 6.07. The van der Waals surface area contributed by atoms with Crippen LogP contribution in [0.5, 0.6) is 5.75 Å². The SMILES string of the molecule is Cc1nc2cc(O)c(-c3ccc(N4CCC(NC(C)(C)C(C)C)C4)nn3)cc2o1. The van der Waals surface area contributed by atoms with Crippen LogP contribution in [-0.4, -0.2) is 45.0 Å². The molecule has 1 fully saturated rings. The summed E-state index contributed by atoms with van der Waals surface area (Å²) in [5.41, 5.74) is 2.56. The van der Waals surface area contributed by atoms with Crippen LogP contribution in [0, 0.1) is 12.8 Å².